The van der Waals surface area contributed by atoms with Crippen molar-refractivity contribution in [1.29, 1.82) is 0 Å². The number of rotatable bonds is 6. The molecule has 0 spiro atoms. The summed E-state index contributed by atoms with van der Waals surface area (Å²) in [4.78, 5) is 13.9. The molecule has 1 aromatic rings. The van der Waals surface area contributed by atoms with Crippen LogP contribution in [0.5, 0.6) is 0 Å². The van der Waals surface area contributed by atoms with Gasteiger partial charge in [-0.2, -0.15) is 0 Å². The molecule has 0 aromatic heterocycles. The van der Waals surface area contributed by atoms with Crippen molar-refractivity contribution < 1.29 is 4.79 Å². The maximum absolute atomic E-state index is 12.2. The molecule has 0 saturated carbocycles. The molecule has 0 saturated heterocycles. The van der Waals surface area contributed by atoms with Crippen molar-refractivity contribution in [2.75, 3.05) is 13.1 Å². The topological polar surface area (TPSA) is 20.3 Å². The van der Waals surface area contributed by atoms with Gasteiger partial charge < -0.3 is 4.90 Å². The van der Waals surface area contributed by atoms with Crippen LogP contribution >= 0.6 is 0 Å². The van der Waals surface area contributed by atoms with E-state index in [2.05, 4.69) is 13.2 Å². The summed E-state index contributed by atoms with van der Waals surface area (Å²) in [7, 11) is 0. The molecule has 0 heterocycles. The Bertz CT molecular complexity index is 435. The Morgan fingerprint density at radius 3 is 2.22 bits per heavy atom. The lowest BCUT2D eigenvalue weighted by Gasteiger charge is -2.19. The Morgan fingerprint density at radius 2 is 1.72 bits per heavy atom. The van der Waals surface area contributed by atoms with Crippen LogP contribution in [0.3, 0.4) is 0 Å². The van der Waals surface area contributed by atoms with Crippen molar-refractivity contribution >= 4 is 12.0 Å². The fourth-order valence-corrected chi connectivity index (χ4v) is 1.66. The zero-order valence-corrected chi connectivity index (χ0v) is 10.8. The normalized spacial score (nSPS) is 10.8. The molecule has 1 rings (SSSR count). The maximum atomic E-state index is 12.2. The molecule has 94 valence electrons. The van der Waals surface area contributed by atoms with Crippen LogP contribution in [-0.4, -0.2) is 23.9 Å². The van der Waals surface area contributed by atoms with E-state index in [0.29, 0.717) is 18.7 Å². The maximum Gasteiger partial charge on any atom is 0.250 e. The summed E-state index contributed by atoms with van der Waals surface area (Å²) in [5, 5.41) is 0. The predicted molar refractivity (Wildman–Crippen MR) is 77.1 cm³/mol. The van der Waals surface area contributed by atoms with Gasteiger partial charge in [0.15, 0.2) is 0 Å². The average Bonchev–Trinajstić information content (AvgIpc) is 2.39. The first-order valence-electron chi connectivity index (χ1n) is 5.93. The lowest BCUT2D eigenvalue weighted by Crippen LogP contribution is -2.31. The van der Waals surface area contributed by atoms with Gasteiger partial charge in [-0.3, -0.25) is 4.79 Å². The van der Waals surface area contributed by atoms with E-state index in [0.717, 1.165) is 5.56 Å². The Balaban J connectivity index is 2.84. The van der Waals surface area contributed by atoms with Crippen LogP contribution in [0.1, 0.15) is 12.5 Å². The minimum Gasteiger partial charge on any atom is -0.332 e. The molecule has 0 aliphatic rings. The molecule has 0 radical (unpaired) electrons. The highest BCUT2D eigenvalue weighted by Gasteiger charge is 2.12. The first-order chi connectivity index (χ1) is 8.69. The summed E-state index contributed by atoms with van der Waals surface area (Å²) < 4.78 is 0. The lowest BCUT2D eigenvalue weighted by molar-refractivity contribution is -0.126. The first kappa shape index (κ1) is 14.0. The van der Waals surface area contributed by atoms with Crippen molar-refractivity contribution in [1.82, 2.24) is 4.90 Å². The molecule has 0 N–H and O–H groups in total. The molecule has 1 aromatic carbocycles. The number of carbonyl (C=O) groups excluding carboxylic acids is 1. The van der Waals surface area contributed by atoms with Crippen molar-refractivity contribution in [3.05, 3.63) is 66.8 Å². The minimum absolute atomic E-state index is 0.0126. The summed E-state index contributed by atoms with van der Waals surface area (Å²) >= 11 is 0. The van der Waals surface area contributed by atoms with E-state index in [1.165, 1.54) is 0 Å². The Kier molecular flexibility index (Phi) is 5.65. The van der Waals surface area contributed by atoms with Gasteiger partial charge in [0, 0.05) is 18.7 Å². The third-order valence-corrected chi connectivity index (χ3v) is 2.51. The van der Waals surface area contributed by atoms with Gasteiger partial charge in [0.05, 0.1) is 0 Å². The van der Waals surface area contributed by atoms with E-state index in [9.17, 15) is 4.79 Å². The van der Waals surface area contributed by atoms with Crippen molar-refractivity contribution in [3.63, 3.8) is 0 Å². The van der Waals surface area contributed by atoms with E-state index in [1.54, 1.807) is 17.1 Å². The molecule has 0 fully saturated rings. The van der Waals surface area contributed by atoms with Crippen LogP contribution in [0, 0.1) is 0 Å². The van der Waals surface area contributed by atoms with Gasteiger partial charge >= 0.3 is 0 Å². The van der Waals surface area contributed by atoms with Crippen LogP contribution in [0.2, 0.25) is 0 Å². The second-order valence-electron chi connectivity index (χ2n) is 4.03. The Morgan fingerprint density at radius 1 is 1.17 bits per heavy atom. The van der Waals surface area contributed by atoms with Gasteiger partial charge in [-0.1, -0.05) is 42.5 Å². The molecule has 0 aliphatic carbocycles. The van der Waals surface area contributed by atoms with Crippen LogP contribution in [0.4, 0.5) is 0 Å². The average molecular weight is 241 g/mol. The molecular weight excluding hydrogens is 222 g/mol. The van der Waals surface area contributed by atoms with Crippen LogP contribution in [0.15, 0.2) is 61.2 Å². The van der Waals surface area contributed by atoms with E-state index in [-0.39, 0.29) is 5.91 Å². The molecule has 1 amide bonds. The molecular formula is C16H19NO. The highest BCUT2D eigenvalue weighted by molar-refractivity contribution is 5.97. The lowest BCUT2D eigenvalue weighted by atomic mass is 10.1. The summed E-state index contributed by atoms with van der Waals surface area (Å²) in [6.07, 6.45) is 5.33. The van der Waals surface area contributed by atoms with Gasteiger partial charge in [0.1, 0.15) is 0 Å². The molecule has 18 heavy (non-hydrogen) atoms. The largest absolute Gasteiger partial charge is 0.332 e. The molecule has 0 aliphatic heterocycles. The van der Waals surface area contributed by atoms with Crippen LogP contribution < -0.4 is 0 Å². The molecule has 2 heteroatoms. The standard InChI is InChI=1S/C16H19NO/c1-4-11-17(12-5-2)16(18)14(3)13-15-9-7-6-8-10-15/h4-10,13H,1-2,11-12H2,3H3/b14-13+. The second-order valence-corrected chi connectivity index (χ2v) is 4.03. The monoisotopic (exact) mass is 241 g/mol. The number of amides is 1. The van der Waals surface area contributed by atoms with Crippen LogP contribution in [0.25, 0.3) is 6.08 Å². The third-order valence-electron chi connectivity index (χ3n) is 2.51. The molecule has 0 unspecified atom stereocenters. The van der Waals surface area contributed by atoms with E-state index < -0.39 is 0 Å². The van der Waals surface area contributed by atoms with Gasteiger partial charge in [-0.25, -0.2) is 0 Å². The van der Waals surface area contributed by atoms with Gasteiger partial charge in [-0.15, -0.1) is 13.2 Å². The fourth-order valence-electron chi connectivity index (χ4n) is 1.66. The molecule has 2 nitrogen and oxygen atoms in total. The highest BCUT2D eigenvalue weighted by atomic mass is 16.2. The zero-order valence-electron chi connectivity index (χ0n) is 10.8. The molecule has 0 bridgehead atoms. The summed E-state index contributed by atoms with van der Waals surface area (Å²) in [5.41, 5.74) is 1.74. The number of hydrogen-bond acceptors (Lipinski definition) is 1. The van der Waals surface area contributed by atoms with Crippen molar-refractivity contribution in [2.45, 2.75) is 6.92 Å². The smallest absolute Gasteiger partial charge is 0.250 e. The van der Waals surface area contributed by atoms with Crippen molar-refractivity contribution in [3.8, 4) is 0 Å². The third kappa shape index (κ3) is 4.06. The minimum atomic E-state index is 0.0126. The number of nitrogens with zero attached hydrogens (tertiary/aromatic N) is 1. The SMILES string of the molecule is C=CCN(CC=C)C(=O)/C(C)=C/c1ccccc1. The van der Waals surface area contributed by atoms with E-state index in [4.69, 9.17) is 0 Å². The fraction of sp³-hybridized carbons (Fsp3) is 0.188. The first-order valence-corrected chi connectivity index (χ1v) is 5.93. The van der Waals surface area contributed by atoms with Gasteiger partial charge in [0.2, 0.25) is 5.91 Å². The Hall–Kier alpha value is -2.09. The zero-order chi connectivity index (χ0) is 13.4. The number of benzene rings is 1. The van der Waals surface area contributed by atoms with Crippen LogP contribution in [-0.2, 0) is 4.79 Å². The predicted octanol–water partition coefficient (Wildman–Crippen LogP) is 3.29. The van der Waals surface area contributed by atoms with Gasteiger partial charge in [-0.05, 0) is 18.6 Å². The Labute approximate surface area is 109 Å². The van der Waals surface area contributed by atoms with Gasteiger partial charge in [0.25, 0.3) is 0 Å². The van der Waals surface area contributed by atoms with E-state index in [1.807, 2.05) is 43.3 Å². The summed E-state index contributed by atoms with van der Waals surface area (Å²) in [6, 6.07) is 9.81. The van der Waals surface area contributed by atoms with Crippen molar-refractivity contribution in [2.24, 2.45) is 0 Å². The summed E-state index contributed by atoms with van der Waals surface area (Å²) in [5.74, 6) is 0.0126. The molecule has 0 atom stereocenters. The number of carbonyl (C=O) groups is 1. The second kappa shape index (κ2) is 7.28. The number of hydrogen-bond donors (Lipinski definition) is 0. The summed E-state index contributed by atoms with van der Waals surface area (Å²) in [6.45, 7) is 10.2. The van der Waals surface area contributed by atoms with E-state index >= 15 is 0 Å². The quantitative estimate of drug-likeness (QED) is 0.553. The highest BCUT2D eigenvalue weighted by Crippen LogP contribution is 2.09.